The molecule has 6 nitrogen and oxygen atoms in total. The van der Waals surface area contributed by atoms with Gasteiger partial charge < -0.3 is 25.4 Å². The molecular formula is C28H40FN3O3. The molecule has 3 N–H and O–H groups in total. The van der Waals surface area contributed by atoms with E-state index in [1.165, 1.54) is 6.07 Å². The first-order chi connectivity index (χ1) is 16.9. The lowest BCUT2D eigenvalue weighted by Gasteiger charge is -2.44. The van der Waals surface area contributed by atoms with Crippen molar-refractivity contribution in [3.05, 3.63) is 59.9 Å². The van der Waals surface area contributed by atoms with Crippen LogP contribution in [0.25, 0.3) is 11.1 Å². The second-order valence-electron chi connectivity index (χ2n) is 9.60. The Labute approximate surface area is 208 Å². The maximum absolute atomic E-state index is 15.3. The van der Waals surface area contributed by atoms with E-state index in [4.69, 9.17) is 4.74 Å². The van der Waals surface area contributed by atoms with Crippen molar-refractivity contribution in [2.75, 3.05) is 40.4 Å². The molecule has 0 spiro atoms. The van der Waals surface area contributed by atoms with Crippen molar-refractivity contribution in [2.24, 2.45) is 5.92 Å². The standard InChI is InChI=1S/C28H40FN3O3/c1-21(19-30-2)31-27(33)32-17-10-13-23(20-32)28(34,16-7-8-18-35-3)24-14-9-15-25(29)26(24)22-11-5-4-6-12-22/h4-6,9,11-12,14-15,21,23,30,34H,7-8,10,13,16-20H2,1-3H3,(H,31,33). The first-order valence-corrected chi connectivity index (χ1v) is 12.7. The van der Waals surface area contributed by atoms with Gasteiger partial charge in [0.25, 0.3) is 0 Å². The molecule has 1 aliphatic heterocycles. The Balaban J connectivity index is 1.95. The van der Waals surface area contributed by atoms with Gasteiger partial charge in [0, 0.05) is 50.9 Å². The third-order valence-electron chi connectivity index (χ3n) is 6.96. The van der Waals surface area contributed by atoms with E-state index in [0.29, 0.717) is 43.8 Å². The molecule has 2 aromatic rings. The van der Waals surface area contributed by atoms with Crippen molar-refractivity contribution in [3.8, 4) is 11.1 Å². The molecule has 0 bridgehead atoms. The van der Waals surface area contributed by atoms with E-state index in [-0.39, 0.29) is 23.8 Å². The predicted octanol–water partition coefficient (Wildman–Crippen LogP) is 4.53. The number of methoxy groups -OCH3 is 1. The highest BCUT2D eigenvalue weighted by molar-refractivity contribution is 5.74. The third-order valence-corrected chi connectivity index (χ3v) is 6.96. The number of likely N-dealkylation sites (tertiary alicyclic amines) is 1. The Kier molecular flexibility index (Phi) is 10.1. The molecule has 3 rings (SSSR count). The Hall–Kier alpha value is -2.48. The fraction of sp³-hybridized carbons (Fsp3) is 0.536. The van der Waals surface area contributed by atoms with Gasteiger partial charge in [0.15, 0.2) is 0 Å². The fourth-order valence-corrected chi connectivity index (χ4v) is 5.19. The van der Waals surface area contributed by atoms with Crippen molar-refractivity contribution < 1.29 is 19.0 Å². The van der Waals surface area contributed by atoms with Gasteiger partial charge in [-0.15, -0.1) is 0 Å². The summed E-state index contributed by atoms with van der Waals surface area (Å²) >= 11 is 0. The first-order valence-electron chi connectivity index (χ1n) is 12.7. The van der Waals surface area contributed by atoms with Gasteiger partial charge >= 0.3 is 6.03 Å². The molecule has 2 aromatic carbocycles. The summed E-state index contributed by atoms with van der Waals surface area (Å²) in [7, 11) is 3.52. The Bertz CT molecular complexity index is 942. The van der Waals surface area contributed by atoms with Crippen LogP contribution in [-0.4, -0.2) is 62.5 Å². The molecule has 3 unspecified atom stereocenters. The number of amides is 2. The lowest BCUT2D eigenvalue weighted by Crippen LogP contribution is -2.53. The van der Waals surface area contributed by atoms with Crippen LogP contribution in [0.15, 0.2) is 48.5 Å². The summed E-state index contributed by atoms with van der Waals surface area (Å²) in [4.78, 5) is 14.8. The Morgan fingerprint density at radius 1 is 1.23 bits per heavy atom. The van der Waals surface area contributed by atoms with Gasteiger partial charge in [-0.2, -0.15) is 0 Å². The predicted molar refractivity (Wildman–Crippen MR) is 138 cm³/mol. The highest BCUT2D eigenvalue weighted by Gasteiger charge is 2.43. The monoisotopic (exact) mass is 485 g/mol. The van der Waals surface area contributed by atoms with Crippen LogP contribution < -0.4 is 10.6 Å². The van der Waals surface area contributed by atoms with Gasteiger partial charge in [-0.1, -0.05) is 42.5 Å². The lowest BCUT2D eigenvalue weighted by atomic mass is 9.72. The molecular weight excluding hydrogens is 445 g/mol. The molecule has 1 fully saturated rings. The molecule has 0 saturated carbocycles. The molecule has 0 aromatic heterocycles. The van der Waals surface area contributed by atoms with Gasteiger partial charge in [-0.3, -0.25) is 0 Å². The molecule has 2 amide bonds. The summed E-state index contributed by atoms with van der Waals surface area (Å²) in [6, 6.07) is 14.2. The average Bonchev–Trinajstić information content (AvgIpc) is 2.87. The van der Waals surface area contributed by atoms with Crippen LogP contribution >= 0.6 is 0 Å². The molecule has 0 aliphatic carbocycles. The molecule has 3 atom stereocenters. The number of nitrogens with one attached hydrogen (secondary N) is 2. The van der Waals surface area contributed by atoms with Crippen LogP contribution in [-0.2, 0) is 10.3 Å². The van der Waals surface area contributed by atoms with E-state index in [2.05, 4.69) is 10.6 Å². The van der Waals surface area contributed by atoms with Gasteiger partial charge in [0.2, 0.25) is 0 Å². The number of carbonyl (C=O) groups excluding carboxylic acids is 1. The van der Waals surface area contributed by atoms with Crippen molar-refractivity contribution in [2.45, 2.75) is 50.7 Å². The fourth-order valence-electron chi connectivity index (χ4n) is 5.19. The molecule has 1 aliphatic rings. The van der Waals surface area contributed by atoms with E-state index >= 15 is 4.39 Å². The number of halogens is 1. The van der Waals surface area contributed by atoms with E-state index in [1.54, 1.807) is 18.1 Å². The third kappa shape index (κ3) is 6.81. The number of likely N-dealkylation sites (N-methyl/N-ethyl adjacent to an activating group) is 1. The second-order valence-corrected chi connectivity index (χ2v) is 9.60. The Morgan fingerprint density at radius 2 is 2.00 bits per heavy atom. The SMILES string of the molecule is CNCC(C)NC(=O)N1CCCC(C(O)(CCCCOC)c2cccc(F)c2-c2ccccc2)C1. The van der Waals surface area contributed by atoms with Crippen LogP contribution in [0, 0.1) is 11.7 Å². The molecule has 0 radical (unpaired) electrons. The topological polar surface area (TPSA) is 73.8 Å². The number of aliphatic hydroxyl groups is 1. The largest absolute Gasteiger partial charge is 0.385 e. The van der Waals surface area contributed by atoms with Crippen molar-refractivity contribution in [3.63, 3.8) is 0 Å². The van der Waals surface area contributed by atoms with Crippen LogP contribution in [0.5, 0.6) is 0 Å². The molecule has 1 saturated heterocycles. The van der Waals surface area contributed by atoms with E-state index < -0.39 is 5.60 Å². The maximum atomic E-state index is 15.3. The van der Waals surface area contributed by atoms with E-state index in [9.17, 15) is 9.90 Å². The van der Waals surface area contributed by atoms with Crippen molar-refractivity contribution in [1.82, 2.24) is 15.5 Å². The summed E-state index contributed by atoms with van der Waals surface area (Å²) < 4.78 is 20.5. The minimum Gasteiger partial charge on any atom is -0.385 e. The molecule has 7 heteroatoms. The van der Waals surface area contributed by atoms with Crippen LogP contribution in [0.1, 0.15) is 44.6 Å². The summed E-state index contributed by atoms with van der Waals surface area (Å²) in [5.41, 5.74) is 0.488. The lowest BCUT2D eigenvalue weighted by molar-refractivity contribution is -0.0560. The highest BCUT2D eigenvalue weighted by atomic mass is 19.1. The van der Waals surface area contributed by atoms with Gasteiger partial charge in [0.1, 0.15) is 5.82 Å². The van der Waals surface area contributed by atoms with Gasteiger partial charge in [-0.05, 0) is 63.3 Å². The van der Waals surface area contributed by atoms with Crippen LogP contribution in [0.2, 0.25) is 0 Å². The number of urea groups is 1. The number of nitrogens with zero attached hydrogens (tertiary/aromatic N) is 1. The molecule has 35 heavy (non-hydrogen) atoms. The van der Waals surface area contributed by atoms with Gasteiger partial charge in [0.05, 0.1) is 5.60 Å². The quantitative estimate of drug-likeness (QED) is 0.409. The van der Waals surface area contributed by atoms with Crippen LogP contribution in [0.3, 0.4) is 0 Å². The van der Waals surface area contributed by atoms with E-state index in [1.807, 2.05) is 50.4 Å². The number of hydrogen-bond donors (Lipinski definition) is 3. The smallest absolute Gasteiger partial charge is 0.317 e. The summed E-state index contributed by atoms with van der Waals surface area (Å²) in [6.45, 7) is 4.30. The van der Waals surface area contributed by atoms with Crippen molar-refractivity contribution in [1.29, 1.82) is 0 Å². The summed E-state index contributed by atoms with van der Waals surface area (Å²) in [5, 5.41) is 18.5. The number of ether oxygens (including phenoxy) is 1. The molecule has 192 valence electrons. The number of unbranched alkanes of at least 4 members (excludes halogenated alkanes) is 1. The highest BCUT2D eigenvalue weighted by Crippen LogP contribution is 2.44. The van der Waals surface area contributed by atoms with E-state index in [0.717, 1.165) is 31.2 Å². The summed E-state index contributed by atoms with van der Waals surface area (Å²) in [5.74, 6) is -0.566. The number of carbonyl (C=O) groups is 1. The first kappa shape index (κ1) is 27.1. The van der Waals surface area contributed by atoms with Gasteiger partial charge in [-0.25, -0.2) is 9.18 Å². The number of piperidine rings is 1. The number of rotatable bonds is 11. The maximum Gasteiger partial charge on any atom is 0.317 e. The number of benzene rings is 2. The number of hydrogen-bond acceptors (Lipinski definition) is 4. The normalized spacial score (nSPS) is 18.7. The zero-order chi connectivity index (χ0) is 25.3. The van der Waals surface area contributed by atoms with Crippen molar-refractivity contribution >= 4 is 6.03 Å². The summed E-state index contributed by atoms with van der Waals surface area (Å²) in [6.07, 6.45) is 3.55. The second kappa shape index (κ2) is 13.0. The average molecular weight is 486 g/mol. The Morgan fingerprint density at radius 3 is 2.71 bits per heavy atom. The van der Waals surface area contributed by atoms with Crippen LogP contribution in [0.4, 0.5) is 9.18 Å². The minimum absolute atomic E-state index is 0.00583. The molecule has 1 heterocycles. The zero-order valence-electron chi connectivity index (χ0n) is 21.2. The zero-order valence-corrected chi connectivity index (χ0v) is 21.2. The minimum atomic E-state index is -1.28.